The van der Waals surface area contributed by atoms with Gasteiger partial charge in [0, 0.05) is 25.8 Å². The van der Waals surface area contributed by atoms with Crippen LogP contribution in [0, 0.1) is 6.92 Å². The van der Waals surface area contributed by atoms with E-state index in [-0.39, 0.29) is 11.5 Å². The molecule has 0 radical (unpaired) electrons. The van der Waals surface area contributed by atoms with Crippen molar-refractivity contribution in [1.29, 1.82) is 0 Å². The third kappa shape index (κ3) is 5.45. The zero-order valence-corrected chi connectivity index (χ0v) is 22.6. The first-order valence-corrected chi connectivity index (χ1v) is 12.8. The van der Waals surface area contributed by atoms with Gasteiger partial charge in [0.1, 0.15) is 17.1 Å². The van der Waals surface area contributed by atoms with Crippen molar-refractivity contribution < 1.29 is 9.47 Å². The van der Waals surface area contributed by atoms with Gasteiger partial charge in [-0.05, 0) is 47.2 Å². The molecule has 2 aromatic heterocycles. The van der Waals surface area contributed by atoms with Crippen LogP contribution < -0.4 is 10.1 Å². The van der Waals surface area contributed by atoms with Gasteiger partial charge in [-0.1, -0.05) is 45.0 Å². The highest BCUT2D eigenvalue weighted by molar-refractivity contribution is 5.86. The maximum absolute atomic E-state index is 6.08. The van der Waals surface area contributed by atoms with Gasteiger partial charge in [-0.2, -0.15) is 0 Å². The minimum absolute atomic E-state index is 0.00128. The van der Waals surface area contributed by atoms with Gasteiger partial charge < -0.3 is 19.4 Å². The van der Waals surface area contributed by atoms with Crippen molar-refractivity contribution in [3.63, 3.8) is 0 Å². The highest BCUT2D eigenvalue weighted by Crippen LogP contribution is 2.31. The highest BCUT2D eigenvalue weighted by Gasteiger charge is 2.24. The monoisotopic (exact) mass is 500 g/mol. The summed E-state index contributed by atoms with van der Waals surface area (Å²) in [5, 5.41) is 3.61. The fourth-order valence-corrected chi connectivity index (χ4v) is 4.68. The molecule has 1 fully saturated rings. The predicted octanol–water partition coefficient (Wildman–Crippen LogP) is 5.29. The molecule has 194 valence electrons. The van der Waals surface area contributed by atoms with E-state index in [1.165, 1.54) is 11.1 Å². The Bertz CT molecular complexity index is 1390. The molecule has 1 aliphatic rings. The van der Waals surface area contributed by atoms with E-state index in [1.54, 1.807) is 13.4 Å². The molecule has 0 amide bonds. The van der Waals surface area contributed by atoms with Gasteiger partial charge >= 0.3 is 0 Å². The van der Waals surface area contributed by atoms with Crippen molar-refractivity contribution >= 4 is 22.7 Å². The van der Waals surface area contributed by atoms with Crippen LogP contribution >= 0.6 is 0 Å². The normalized spacial score (nSPS) is 16.8. The molecule has 3 heterocycles. The molecule has 4 aromatic rings. The number of imidazole rings is 1. The lowest BCUT2D eigenvalue weighted by atomic mass is 9.86. The van der Waals surface area contributed by atoms with Crippen LogP contribution in [0.2, 0.25) is 0 Å². The van der Waals surface area contributed by atoms with E-state index >= 15 is 0 Å². The Morgan fingerprint density at radius 3 is 2.62 bits per heavy atom. The SMILES string of the molecule is COc1ccc(C2CN(Cc3nc(Nc4cc(C(C)(C)C)ccc4C)c4c(ncn4C)n3)CCO2)cc1. The van der Waals surface area contributed by atoms with Crippen molar-refractivity contribution in [2.45, 2.75) is 45.8 Å². The Morgan fingerprint density at radius 1 is 1.11 bits per heavy atom. The molecular formula is C29H36N6O2. The summed E-state index contributed by atoms with van der Waals surface area (Å²) in [6, 6.07) is 14.7. The summed E-state index contributed by atoms with van der Waals surface area (Å²) >= 11 is 0. The van der Waals surface area contributed by atoms with Gasteiger partial charge in [0.05, 0.1) is 32.7 Å². The van der Waals surface area contributed by atoms with Crippen molar-refractivity contribution in [2.75, 3.05) is 32.1 Å². The Balaban J connectivity index is 1.41. The number of nitrogens with one attached hydrogen (secondary N) is 1. The van der Waals surface area contributed by atoms with E-state index in [4.69, 9.17) is 19.4 Å². The molecule has 0 spiro atoms. The predicted molar refractivity (Wildman–Crippen MR) is 146 cm³/mol. The van der Waals surface area contributed by atoms with Crippen molar-refractivity contribution in [3.05, 3.63) is 71.3 Å². The molecule has 2 aromatic carbocycles. The number of ether oxygens (including phenoxy) is 2. The number of fused-ring (bicyclic) bond motifs is 1. The minimum Gasteiger partial charge on any atom is -0.497 e. The number of nitrogens with zero attached hydrogens (tertiary/aromatic N) is 5. The van der Waals surface area contributed by atoms with Gasteiger partial charge in [0.15, 0.2) is 11.5 Å². The number of hydrogen-bond donors (Lipinski definition) is 1. The van der Waals surface area contributed by atoms with Gasteiger partial charge in [-0.25, -0.2) is 15.0 Å². The Hall–Kier alpha value is -3.49. The molecular weight excluding hydrogens is 464 g/mol. The Morgan fingerprint density at radius 2 is 1.89 bits per heavy atom. The van der Waals surface area contributed by atoms with Crippen LogP contribution in [0.15, 0.2) is 48.8 Å². The lowest BCUT2D eigenvalue weighted by molar-refractivity contribution is -0.0336. The first-order valence-electron chi connectivity index (χ1n) is 12.8. The summed E-state index contributed by atoms with van der Waals surface area (Å²) in [6.07, 6.45) is 1.79. The van der Waals surface area contributed by atoms with Crippen LogP contribution in [0.25, 0.3) is 11.2 Å². The van der Waals surface area contributed by atoms with Gasteiger partial charge in [0.2, 0.25) is 0 Å². The van der Waals surface area contributed by atoms with Crippen LogP contribution in [0.3, 0.4) is 0 Å². The number of morpholine rings is 1. The topological polar surface area (TPSA) is 77.3 Å². The quantitative estimate of drug-likeness (QED) is 0.385. The lowest BCUT2D eigenvalue weighted by Gasteiger charge is -2.32. The second kappa shape index (κ2) is 10.1. The van der Waals surface area contributed by atoms with E-state index in [9.17, 15) is 0 Å². The third-order valence-corrected chi connectivity index (χ3v) is 6.98. The molecule has 5 rings (SSSR count). The van der Waals surface area contributed by atoms with Gasteiger partial charge in [-0.3, -0.25) is 4.90 Å². The summed E-state index contributed by atoms with van der Waals surface area (Å²) in [5.41, 5.74) is 6.27. The number of aryl methyl sites for hydroxylation is 2. The van der Waals surface area contributed by atoms with E-state index < -0.39 is 0 Å². The molecule has 37 heavy (non-hydrogen) atoms. The van der Waals surface area contributed by atoms with E-state index in [2.05, 4.69) is 73.2 Å². The summed E-state index contributed by atoms with van der Waals surface area (Å²) < 4.78 is 13.3. The fraction of sp³-hybridized carbons (Fsp3) is 0.414. The Labute approximate surface area is 218 Å². The van der Waals surface area contributed by atoms with Crippen LogP contribution in [-0.4, -0.2) is 51.2 Å². The zero-order valence-electron chi connectivity index (χ0n) is 22.6. The molecule has 1 atom stereocenters. The maximum Gasteiger partial charge on any atom is 0.183 e. The van der Waals surface area contributed by atoms with Crippen LogP contribution in [0.1, 0.15) is 49.4 Å². The second-order valence-corrected chi connectivity index (χ2v) is 10.8. The van der Waals surface area contributed by atoms with Gasteiger partial charge in [0.25, 0.3) is 0 Å². The summed E-state index contributed by atoms with van der Waals surface area (Å²) in [5.74, 6) is 2.36. The van der Waals surface area contributed by atoms with Crippen molar-refractivity contribution in [3.8, 4) is 5.75 Å². The Kier molecular flexibility index (Phi) is 6.88. The van der Waals surface area contributed by atoms with Crippen LogP contribution in [-0.2, 0) is 23.7 Å². The smallest absolute Gasteiger partial charge is 0.183 e. The number of hydrogen-bond acceptors (Lipinski definition) is 7. The van der Waals surface area contributed by atoms with Crippen molar-refractivity contribution in [1.82, 2.24) is 24.4 Å². The second-order valence-electron chi connectivity index (χ2n) is 10.8. The molecule has 1 N–H and O–H groups in total. The molecule has 0 saturated carbocycles. The number of benzene rings is 2. The molecule has 1 saturated heterocycles. The maximum atomic E-state index is 6.08. The first kappa shape index (κ1) is 25.2. The van der Waals surface area contributed by atoms with E-state index in [0.29, 0.717) is 18.8 Å². The number of anilines is 2. The third-order valence-electron chi connectivity index (χ3n) is 6.98. The van der Waals surface area contributed by atoms with E-state index in [1.807, 2.05) is 23.7 Å². The average Bonchev–Trinajstić information content (AvgIpc) is 3.25. The number of rotatable bonds is 6. The number of aromatic nitrogens is 4. The number of methoxy groups -OCH3 is 1. The molecule has 8 heteroatoms. The van der Waals surface area contributed by atoms with Crippen molar-refractivity contribution in [2.24, 2.45) is 7.05 Å². The van der Waals surface area contributed by atoms with Crippen LogP contribution in [0.5, 0.6) is 5.75 Å². The first-order chi connectivity index (χ1) is 17.7. The zero-order chi connectivity index (χ0) is 26.2. The van der Waals surface area contributed by atoms with Gasteiger partial charge in [-0.15, -0.1) is 0 Å². The average molecular weight is 501 g/mol. The fourth-order valence-electron chi connectivity index (χ4n) is 4.68. The molecule has 0 aliphatic carbocycles. The summed E-state index contributed by atoms with van der Waals surface area (Å²) in [4.78, 5) is 16.7. The summed E-state index contributed by atoms with van der Waals surface area (Å²) in [6.45, 7) is 11.7. The molecule has 1 aliphatic heterocycles. The largest absolute Gasteiger partial charge is 0.497 e. The molecule has 8 nitrogen and oxygen atoms in total. The van der Waals surface area contributed by atoms with E-state index in [0.717, 1.165) is 47.2 Å². The van der Waals surface area contributed by atoms with Crippen LogP contribution in [0.4, 0.5) is 11.5 Å². The standard InChI is InChI=1S/C29H36N6O2/c1-19-7-10-21(29(2,3)4)15-23(19)31-28-26-27(30-18-34(26)5)32-25(33-28)17-35-13-14-37-24(16-35)20-8-11-22(36-6)12-9-20/h7-12,15,18,24H,13-14,16-17H2,1-6H3,(H,31,32,33). The molecule has 1 unspecified atom stereocenters. The minimum atomic E-state index is -0.00128. The summed E-state index contributed by atoms with van der Waals surface area (Å²) in [7, 11) is 3.65. The molecule has 0 bridgehead atoms. The lowest BCUT2D eigenvalue weighted by Crippen LogP contribution is -2.38. The highest BCUT2D eigenvalue weighted by atomic mass is 16.5.